The van der Waals surface area contributed by atoms with E-state index in [1.54, 1.807) is 0 Å². The normalized spacial score (nSPS) is 17.4. The van der Waals surface area contributed by atoms with Crippen LogP contribution in [0, 0.1) is 0 Å². The van der Waals surface area contributed by atoms with E-state index in [2.05, 4.69) is 52.4 Å². The maximum absolute atomic E-state index is 6.18. The lowest BCUT2D eigenvalue weighted by molar-refractivity contribution is 0.590. The number of rotatable bonds is 9. The highest BCUT2D eigenvalue weighted by molar-refractivity contribution is 14.1. The molecule has 0 aromatic heterocycles. The van der Waals surface area contributed by atoms with E-state index in [1.165, 1.54) is 38.5 Å². The van der Waals surface area contributed by atoms with Crippen molar-refractivity contribution in [2.24, 2.45) is 0 Å². The van der Waals surface area contributed by atoms with E-state index in [0.717, 1.165) is 10.3 Å². The summed E-state index contributed by atoms with van der Waals surface area (Å²) in [5.74, 6) is 0. The van der Waals surface area contributed by atoms with E-state index in [9.17, 15) is 0 Å². The molecule has 0 rings (SSSR count). The summed E-state index contributed by atoms with van der Waals surface area (Å²) in [4.78, 5) is 0.437. The van der Waals surface area contributed by atoms with E-state index < -0.39 is 0 Å². The zero-order valence-corrected chi connectivity index (χ0v) is 14.3. The Morgan fingerprint density at radius 2 is 1.73 bits per heavy atom. The van der Waals surface area contributed by atoms with E-state index in [0.29, 0.717) is 10.2 Å². The molecule has 0 heterocycles. The third-order valence-corrected chi connectivity index (χ3v) is 5.40. The summed E-state index contributed by atoms with van der Waals surface area (Å²) >= 11 is 12.3. The molecule has 0 aromatic rings. The molecule has 0 amide bonds. The van der Waals surface area contributed by atoms with Gasteiger partial charge in [-0.05, 0) is 19.3 Å². The van der Waals surface area contributed by atoms with Crippen LogP contribution in [0.5, 0.6) is 0 Å². The Bertz CT molecular complexity index is 142. The molecule has 3 atom stereocenters. The second-order valence-corrected chi connectivity index (χ2v) is 7.98. The number of alkyl halides is 3. The van der Waals surface area contributed by atoms with Crippen molar-refractivity contribution < 1.29 is 0 Å². The molecule has 0 saturated heterocycles. The minimum atomic E-state index is 0.296. The summed E-state index contributed by atoms with van der Waals surface area (Å²) in [6.07, 6.45) is 9.22. The summed E-state index contributed by atoms with van der Waals surface area (Å²) < 4.78 is 0.851. The van der Waals surface area contributed by atoms with Crippen molar-refractivity contribution in [2.75, 3.05) is 0 Å². The molecule has 0 spiro atoms. The van der Waals surface area contributed by atoms with E-state index in [1.807, 2.05) is 0 Å². The Hall–Kier alpha value is 1.50. The van der Waals surface area contributed by atoms with Crippen LogP contribution in [0.15, 0.2) is 0 Å². The van der Waals surface area contributed by atoms with Gasteiger partial charge in [0.15, 0.2) is 0 Å². The molecule has 15 heavy (non-hydrogen) atoms. The third kappa shape index (κ3) is 10.4. The molecule has 3 unspecified atom stereocenters. The van der Waals surface area contributed by atoms with Crippen molar-refractivity contribution in [3.63, 3.8) is 0 Å². The Morgan fingerprint density at radius 1 is 1.13 bits per heavy atom. The fourth-order valence-corrected chi connectivity index (χ4v) is 2.82. The summed E-state index contributed by atoms with van der Waals surface area (Å²) in [5, 5.41) is 0.296. The molecule has 0 saturated carbocycles. The van der Waals surface area contributed by atoms with Crippen molar-refractivity contribution in [3.8, 4) is 0 Å². The fraction of sp³-hybridized carbons (Fsp3) is 1.00. The molecule has 0 aromatic carbocycles. The van der Waals surface area contributed by atoms with Crippen LogP contribution in [0.1, 0.15) is 58.8 Å². The van der Waals surface area contributed by atoms with Gasteiger partial charge in [0.2, 0.25) is 0 Å². The maximum Gasteiger partial charge on any atom is 0.0458 e. The molecule has 0 bridgehead atoms. The zero-order valence-electron chi connectivity index (χ0n) is 9.82. The topological polar surface area (TPSA) is 0 Å². The van der Waals surface area contributed by atoms with Crippen LogP contribution in [0.25, 0.3) is 0 Å². The van der Waals surface area contributed by atoms with Gasteiger partial charge in [0.25, 0.3) is 0 Å². The van der Waals surface area contributed by atoms with Gasteiger partial charge in [-0.3, -0.25) is 0 Å². The highest BCUT2D eigenvalue weighted by Crippen LogP contribution is 2.22. The van der Waals surface area contributed by atoms with Crippen LogP contribution >= 0.6 is 50.1 Å². The quantitative estimate of drug-likeness (QED) is 0.251. The minimum Gasteiger partial charge on any atom is -0.122 e. The highest BCUT2D eigenvalue weighted by Gasteiger charge is 2.11. The SMILES string of the molecule is CCCCCC(I)CCCC(Cl)C(C)Br. The van der Waals surface area contributed by atoms with Gasteiger partial charge >= 0.3 is 0 Å². The largest absolute Gasteiger partial charge is 0.122 e. The smallest absolute Gasteiger partial charge is 0.0458 e. The van der Waals surface area contributed by atoms with Crippen molar-refractivity contribution in [1.29, 1.82) is 0 Å². The van der Waals surface area contributed by atoms with E-state index in [4.69, 9.17) is 11.6 Å². The van der Waals surface area contributed by atoms with Gasteiger partial charge in [0.1, 0.15) is 0 Å². The predicted molar refractivity (Wildman–Crippen MR) is 83.8 cm³/mol. The average Bonchev–Trinajstić information content (AvgIpc) is 2.18. The van der Waals surface area contributed by atoms with Gasteiger partial charge in [0, 0.05) is 14.1 Å². The van der Waals surface area contributed by atoms with Gasteiger partial charge < -0.3 is 0 Å². The van der Waals surface area contributed by atoms with Crippen molar-refractivity contribution in [3.05, 3.63) is 0 Å². The molecular formula is C12H23BrClI. The number of unbranched alkanes of at least 4 members (excludes halogenated alkanes) is 2. The molecule has 0 fully saturated rings. The maximum atomic E-state index is 6.18. The van der Waals surface area contributed by atoms with Crippen LogP contribution in [0.3, 0.4) is 0 Å². The highest BCUT2D eigenvalue weighted by atomic mass is 127. The average molecular weight is 410 g/mol. The van der Waals surface area contributed by atoms with Gasteiger partial charge in [0.05, 0.1) is 0 Å². The van der Waals surface area contributed by atoms with E-state index in [-0.39, 0.29) is 0 Å². The molecule has 0 aliphatic carbocycles. The Morgan fingerprint density at radius 3 is 2.27 bits per heavy atom. The van der Waals surface area contributed by atoms with Crippen molar-refractivity contribution in [1.82, 2.24) is 0 Å². The van der Waals surface area contributed by atoms with Gasteiger partial charge in [-0.15, -0.1) is 11.6 Å². The lowest BCUT2D eigenvalue weighted by atomic mass is 10.1. The van der Waals surface area contributed by atoms with Crippen LogP contribution in [0.4, 0.5) is 0 Å². The first kappa shape index (κ1) is 16.5. The van der Waals surface area contributed by atoms with Crippen molar-refractivity contribution in [2.45, 2.75) is 72.9 Å². The molecule has 3 heteroatoms. The first-order valence-electron chi connectivity index (χ1n) is 6.00. The monoisotopic (exact) mass is 408 g/mol. The lowest BCUT2D eigenvalue weighted by Crippen LogP contribution is -2.10. The molecule has 0 nitrogen and oxygen atoms in total. The first-order chi connectivity index (χ1) is 7.07. The molecule has 0 aliphatic heterocycles. The molecule has 0 radical (unpaired) electrons. The number of halogens is 3. The zero-order chi connectivity index (χ0) is 11.7. The summed E-state index contributed by atoms with van der Waals surface area (Å²) in [6, 6.07) is 0. The number of hydrogen-bond acceptors (Lipinski definition) is 0. The molecule has 0 N–H and O–H groups in total. The first-order valence-corrected chi connectivity index (χ1v) is 8.59. The lowest BCUT2D eigenvalue weighted by Gasteiger charge is -2.13. The molecule has 92 valence electrons. The molecule has 0 aliphatic rings. The van der Waals surface area contributed by atoms with E-state index >= 15 is 0 Å². The van der Waals surface area contributed by atoms with Crippen LogP contribution in [-0.4, -0.2) is 14.1 Å². The minimum absolute atomic E-state index is 0.296. The van der Waals surface area contributed by atoms with Crippen LogP contribution in [0.2, 0.25) is 0 Å². The summed E-state index contributed by atoms with van der Waals surface area (Å²) in [7, 11) is 0. The Kier molecular flexibility index (Phi) is 11.7. The van der Waals surface area contributed by atoms with Crippen LogP contribution < -0.4 is 0 Å². The third-order valence-electron chi connectivity index (χ3n) is 2.62. The second-order valence-electron chi connectivity index (χ2n) is 4.22. The summed E-state index contributed by atoms with van der Waals surface area (Å²) in [5.41, 5.74) is 0. The fourth-order valence-electron chi connectivity index (χ4n) is 1.52. The standard InChI is InChI=1S/C12H23BrClI/c1-3-4-5-7-11(15)8-6-9-12(14)10(2)13/h10-12H,3-9H2,1-2H3. The second kappa shape index (κ2) is 10.6. The Balaban J connectivity index is 3.34. The van der Waals surface area contributed by atoms with Gasteiger partial charge in [-0.25, -0.2) is 0 Å². The van der Waals surface area contributed by atoms with Gasteiger partial charge in [-0.2, -0.15) is 0 Å². The predicted octanol–water partition coefficient (Wildman–Crippen LogP) is 5.93. The van der Waals surface area contributed by atoms with Gasteiger partial charge in [-0.1, -0.05) is 78.1 Å². The summed E-state index contributed by atoms with van der Waals surface area (Å²) in [6.45, 7) is 4.39. The molecular weight excluding hydrogens is 386 g/mol. The number of hydrogen-bond donors (Lipinski definition) is 0. The van der Waals surface area contributed by atoms with Crippen molar-refractivity contribution >= 4 is 50.1 Å². The Labute approximate surface area is 122 Å². The van der Waals surface area contributed by atoms with Crippen LogP contribution in [-0.2, 0) is 0 Å².